The molecular formula is C12H11ClN4O3. The number of nitrogens with one attached hydrogen (secondary N) is 2. The Bertz CT molecular complexity index is 644. The highest BCUT2D eigenvalue weighted by Crippen LogP contribution is 2.39. The molecule has 1 amide bonds. The summed E-state index contributed by atoms with van der Waals surface area (Å²) in [6, 6.07) is 2.84. The van der Waals surface area contributed by atoms with E-state index in [0.717, 1.165) is 0 Å². The molecule has 2 aromatic rings. The van der Waals surface area contributed by atoms with Crippen LogP contribution < -0.4 is 14.8 Å². The van der Waals surface area contributed by atoms with Crippen molar-refractivity contribution in [2.24, 2.45) is 0 Å². The number of H-pyrrole nitrogens is 1. The van der Waals surface area contributed by atoms with Gasteiger partial charge in [0, 0.05) is 5.56 Å². The number of halogens is 1. The average molecular weight is 295 g/mol. The molecule has 0 fully saturated rings. The van der Waals surface area contributed by atoms with Gasteiger partial charge in [-0.25, -0.2) is 4.98 Å². The van der Waals surface area contributed by atoms with E-state index in [1.165, 1.54) is 12.4 Å². The van der Waals surface area contributed by atoms with Gasteiger partial charge in [0.05, 0.1) is 11.1 Å². The molecule has 2 N–H and O–H groups in total. The van der Waals surface area contributed by atoms with Gasteiger partial charge in [0.25, 0.3) is 5.91 Å². The van der Waals surface area contributed by atoms with Crippen LogP contribution in [0.4, 0.5) is 0 Å². The molecule has 0 spiro atoms. The molecule has 1 aliphatic heterocycles. The molecule has 0 saturated heterocycles. The zero-order valence-corrected chi connectivity index (χ0v) is 11.3. The van der Waals surface area contributed by atoms with Crippen LogP contribution in [0.3, 0.4) is 0 Å². The molecule has 8 heteroatoms. The smallest absolute Gasteiger partial charge is 0.252 e. The van der Waals surface area contributed by atoms with Crippen LogP contribution in [0.1, 0.15) is 29.1 Å². The zero-order chi connectivity index (χ0) is 14.1. The normalized spacial score (nSPS) is 14.1. The molecule has 0 aliphatic carbocycles. The van der Waals surface area contributed by atoms with Crippen molar-refractivity contribution in [2.45, 2.75) is 13.0 Å². The van der Waals surface area contributed by atoms with E-state index >= 15 is 0 Å². The molecule has 1 aromatic carbocycles. The van der Waals surface area contributed by atoms with Gasteiger partial charge in [-0.15, -0.1) is 0 Å². The number of carbonyl (C=O) groups is 1. The van der Waals surface area contributed by atoms with E-state index in [4.69, 9.17) is 21.1 Å². The number of aromatic nitrogens is 3. The summed E-state index contributed by atoms with van der Waals surface area (Å²) in [5.74, 6) is 1.22. The third-order valence-corrected chi connectivity index (χ3v) is 3.16. The molecule has 0 radical (unpaired) electrons. The van der Waals surface area contributed by atoms with Gasteiger partial charge in [0.1, 0.15) is 12.2 Å². The zero-order valence-electron chi connectivity index (χ0n) is 10.5. The van der Waals surface area contributed by atoms with E-state index in [1.807, 2.05) is 0 Å². The predicted octanol–water partition coefficient (Wildman–Crippen LogP) is 1.68. The number of carbonyl (C=O) groups excluding carboxylic acids is 1. The monoisotopic (exact) mass is 294 g/mol. The Morgan fingerprint density at radius 2 is 2.35 bits per heavy atom. The van der Waals surface area contributed by atoms with Gasteiger partial charge in [-0.2, -0.15) is 5.10 Å². The Hall–Kier alpha value is -2.28. The predicted molar refractivity (Wildman–Crippen MR) is 69.8 cm³/mol. The summed E-state index contributed by atoms with van der Waals surface area (Å²) in [5, 5.41) is 9.57. The van der Waals surface area contributed by atoms with Gasteiger partial charge in [0.2, 0.25) is 6.79 Å². The number of fused-ring (bicyclic) bond motifs is 1. The van der Waals surface area contributed by atoms with E-state index in [2.05, 4.69) is 20.5 Å². The average Bonchev–Trinajstić information content (AvgIpc) is 3.09. The molecule has 3 rings (SSSR count). The lowest BCUT2D eigenvalue weighted by Gasteiger charge is -2.11. The Morgan fingerprint density at radius 3 is 3.10 bits per heavy atom. The fraction of sp³-hybridized carbons (Fsp3) is 0.250. The van der Waals surface area contributed by atoms with E-state index in [1.54, 1.807) is 13.0 Å². The van der Waals surface area contributed by atoms with Crippen molar-refractivity contribution >= 4 is 17.5 Å². The topological polar surface area (TPSA) is 89.1 Å². The molecule has 104 valence electrons. The second-order valence-electron chi connectivity index (χ2n) is 4.26. The SMILES string of the molecule is CC(NC(=O)c1cc(Cl)c2c(c1)OCO2)c1ncn[nH]1. The fourth-order valence-corrected chi connectivity index (χ4v) is 2.14. The Morgan fingerprint density at radius 1 is 1.50 bits per heavy atom. The maximum Gasteiger partial charge on any atom is 0.252 e. The number of amides is 1. The molecule has 1 unspecified atom stereocenters. The first-order valence-corrected chi connectivity index (χ1v) is 6.28. The van der Waals surface area contributed by atoms with Gasteiger partial charge in [-0.3, -0.25) is 9.89 Å². The lowest BCUT2D eigenvalue weighted by Crippen LogP contribution is -2.27. The maximum absolute atomic E-state index is 12.2. The Labute approximate surface area is 119 Å². The summed E-state index contributed by atoms with van der Waals surface area (Å²) in [6.45, 7) is 1.90. The molecule has 1 aromatic heterocycles. The van der Waals surface area contributed by atoms with Crippen molar-refractivity contribution in [2.75, 3.05) is 6.79 Å². The van der Waals surface area contributed by atoms with E-state index in [-0.39, 0.29) is 18.7 Å². The molecule has 0 bridgehead atoms. The van der Waals surface area contributed by atoms with Crippen molar-refractivity contribution < 1.29 is 14.3 Å². The van der Waals surface area contributed by atoms with Crippen LogP contribution in [0.15, 0.2) is 18.5 Å². The fourth-order valence-electron chi connectivity index (χ4n) is 1.87. The van der Waals surface area contributed by atoms with Gasteiger partial charge in [-0.1, -0.05) is 11.6 Å². The summed E-state index contributed by atoms with van der Waals surface area (Å²) in [7, 11) is 0. The van der Waals surface area contributed by atoms with Crippen molar-refractivity contribution in [3.05, 3.63) is 34.9 Å². The standard InChI is InChI=1S/C12H11ClN4O3/c1-6(11-14-4-15-17-11)16-12(18)7-2-8(13)10-9(3-7)19-5-20-10/h2-4,6H,5H2,1H3,(H,16,18)(H,14,15,17). The highest BCUT2D eigenvalue weighted by Gasteiger charge is 2.21. The molecular weight excluding hydrogens is 284 g/mol. The van der Waals surface area contributed by atoms with Crippen LogP contribution in [0, 0.1) is 0 Å². The number of nitrogens with zero attached hydrogens (tertiary/aromatic N) is 2. The van der Waals surface area contributed by atoms with Crippen LogP contribution >= 0.6 is 11.6 Å². The second-order valence-corrected chi connectivity index (χ2v) is 4.66. The van der Waals surface area contributed by atoms with Crippen molar-refractivity contribution in [1.82, 2.24) is 20.5 Å². The van der Waals surface area contributed by atoms with Crippen LogP contribution in [0.25, 0.3) is 0 Å². The summed E-state index contributed by atoms with van der Waals surface area (Å²) >= 11 is 6.04. The molecule has 1 aliphatic rings. The number of hydrogen-bond donors (Lipinski definition) is 2. The summed E-state index contributed by atoms with van der Waals surface area (Å²) in [6.07, 6.45) is 1.38. The highest BCUT2D eigenvalue weighted by molar-refractivity contribution is 6.32. The molecule has 1 atom stereocenters. The van der Waals surface area contributed by atoms with Crippen LogP contribution in [-0.2, 0) is 0 Å². The first-order valence-electron chi connectivity index (χ1n) is 5.90. The molecule has 20 heavy (non-hydrogen) atoms. The largest absolute Gasteiger partial charge is 0.454 e. The minimum absolute atomic E-state index is 0.106. The molecule has 0 saturated carbocycles. The highest BCUT2D eigenvalue weighted by atomic mass is 35.5. The molecule has 7 nitrogen and oxygen atoms in total. The van der Waals surface area contributed by atoms with E-state index in [9.17, 15) is 4.79 Å². The Balaban J connectivity index is 1.79. The van der Waals surface area contributed by atoms with Crippen molar-refractivity contribution in [3.63, 3.8) is 0 Å². The first-order chi connectivity index (χ1) is 9.65. The van der Waals surface area contributed by atoms with E-state index in [0.29, 0.717) is 27.9 Å². The minimum Gasteiger partial charge on any atom is -0.454 e. The second kappa shape index (κ2) is 5.01. The van der Waals surface area contributed by atoms with Crippen LogP contribution in [-0.4, -0.2) is 27.9 Å². The number of ether oxygens (including phenoxy) is 2. The van der Waals surface area contributed by atoms with Gasteiger partial charge >= 0.3 is 0 Å². The van der Waals surface area contributed by atoms with Crippen LogP contribution in [0.2, 0.25) is 5.02 Å². The van der Waals surface area contributed by atoms with Crippen molar-refractivity contribution in [1.29, 1.82) is 0 Å². The van der Waals surface area contributed by atoms with Gasteiger partial charge < -0.3 is 14.8 Å². The van der Waals surface area contributed by atoms with Gasteiger partial charge in [-0.05, 0) is 19.1 Å². The van der Waals surface area contributed by atoms with Crippen molar-refractivity contribution in [3.8, 4) is 11.5 Å². The summed E-state index contributed by atoms with van der Waals surface area (Å²) in [5.41, 5.74) is 0.394. The quantitative estimate of drug-likeness (QED) is 0.899. The third-order valence-electron chi connectivity index (χ3n) is 2.88. The lowest BCUT2D eigenvalue weighted by atomic mass is 10.1. The number of benzene rings is 1. The number of hydrogen-bond acceptors (Lipinski definition) is 5. The number of rotatable bonds is 3. The van der Waals surface area contributed by atoms with Crippen LogP contribution in [0.5, 0.6) is 11.5 Å². The van der Waals surface area contributed by atoms with Gasteiger partial charge in [0.15, 0.2) is 11.5 Å². The molecule has 2 heterocycles. The third kappa shape index (κ3) is 2.27. The first kappa shape index (κ1) is 12.7. The minimum atomic E-state index is -0.297. The number of aromatic amines is 1. The summed E-state index contributed by atoms with van der Waals surface area (Å²) < 4.78 is 10.4. The van der Waals surface area contributed by atoms with E-state index < -0.39 is 0 Å². The Kier molecular flexibility index (Phi) is 3.19. The lowest BCUT2D eigenvalue weighted by molar-refractivity contribution is 0.0938. The maximum atomic E-state index is 12.2. The summed E-state index contributed by atoms with van der Waals surface area (Å²) in [4.78, 5) is 16.2.